The minimum absolute atomic E-state index is 0.454. The van der Waals surface area contributed by atoms with Crippen molar-refractivity contribution in [1.29, 1.82) is 0 Å². The Hall–Kier alpha value is -1.10. The van der Waals surface area contributed by atoms with Gasteiger partial charge < -0.3 is 16.2 Å². The van der Waals surface area contributed by atoms with E-state index < -0.39 is 28.9 Å². The standard InChI is InChI=1S/C12H22N2O3/c1-11(2,3)17-10(16)12(14)7-5-4-6-8(12)9(13)15/h8H,4-7,14H2,1-3H3,(H2,13,15). The number of primary amides is 1. The van der Waals surface area contributed by atoms with Crippen LogP contribution in [0.4, 0.5) is 0 Å². The first-order valence-corrected chi connectivity index (χ1v) is 5.98. The zero-order chi connectivity index (χ0) is 13.3. The number of rotatable bonds is 2. The molecule has 0 bridgehead atoms. The van der Waals surface area contributed by atoms with Crippen LogP contribution < -0.4 is 11.5 Å². The smallest absolute Gasteiger partial charge is 0.327 e. The van der Waals surface area contributed by atoms with Gasteiger partial charge in [0, 0.05) is 0 Å². The molecular weight excluding hydrogens is 220 g/mol. The van der Waals surface area contributed by atoms with E-state index in [2.05, 4.69) is 0 Å². The lowest BCUT2D eigenvalue weighted by Gasteiger charge is -2.38. The maximum atomic E-state index is 12.1. The Bertz CT molecular complexity index is 322. The summed E-state index contributed by atoms with van der Waals surface area (Å²) in [6.07, 6.45) is 2.70. The molecule has 0 heterocycles. The predicted molar refractivity (Wildman–Crippen MR) is 63.9 cm³/mol. The summed E-state index contributed by atoms with van der Waals surface area (Å²) in [7, 11) is 0. The predicted octanol–water partition coefficient (Wildman–Crippen LogP) is 0.701. The second-order valence-corrected chi connectivity index (χ2v) is 5.74. The first-order valence-electron chi connectivity index (χ1n) is 5.98. The van der Waals surface area contributed by atoms with E-state index >= 15 is 0 Å². The summed E-state index contributed by atoms with van der Waals surface area (Å²) in [6.45, 7) is 5.32. The van der Waals surface area contributed by atoms with Gasteiger partial charge in [-0.1, -0.05) is 12.8 Å². The summed E-state index contributed by atoms with van der Waals surface area (Å²) in [4.78, 5) is 23.5. The average molecular weight is 242 g/mol. The molecule has 1 aliphatic rings. The molecule has 2 unspecified atom stereocenters. The van der Waals surface area contributed by atoms with E-state index in [1.807, 2.05) is 0 Å². The van der Waals surface area contributed by atoms with Crippen LogP contribution in [0.25, 0.3) is 0 Å². The Morgan fingerprint density at radius 3 is 2.35 bits per heavy atom. The molecule has 5 nitrogen and oxygen atoms in total. The topological polar surface area (TPSA) is 95.4 Å². The van der Waals surface area contributed by atoms with Crippen LogP contribution in [0.1, 0.15) is 46.5 Å². The highest BCUT2D eigenvalue weighted by Crippen LogP contribution is 2.33. The van der Waals surface area contributed by atoms with Crippen molar-refractivity contribution in [3.8, 4) is 0 Å². The van der Waals surface area contributed by atoms with Gasteiger partial charge in [-0.2, -0.15) is 0 Å². The van der Waals surface area contributed by atoms with Crippen molar-refractivity contribution in [3.05, 3.63) is 0 Å². The summed E-state index contributed by atoms with van der Waals surface area (Å²) in [5.41, 5.74) is 9.54. The molecule has 1 saturated carbocycles. The quantitative estimate of drug-likeness (QED) is 0.697. The van der Waals surface area contributed by atoms with Crippen LogP contribution in [0, 0.1) is 5.92 Å². The molecule has 0 aromatic heterocycles. The third-order valence-electron chi connectivity index (χ3n) is 3.08. The van der Waals surface area contributed by atoms with Gasteiger partial charge in [-0.15, -0.1) is 0 Å². The lowest BCUT2D eigenvalue weighted by molar-refractivity contribution is -0.167. The van der Waals surface area contributed by atoms with E-state index in [1.165, 1.54) is 0 Å². The summed E-state index contributed by atoms with van der Waals surface area (Å²) in [6, 6.07) is 0. The van der Waals surface area contributed by atoms with E-state index in [-0.39, 0.29) is 0 Å². The van der Waals surface area contributed by atoms with Crippen LogP contribution in [0.2, 0.25) is 0 Å². The van der Waals surface area contributed by atoms with Crippen LogP contribution >= 0.6 is 0 Å². The van der Waals surface area contributed by atoms with Crippen molar-refractivity contribution in [2.45, 2.75) is 57.6 Å². The Morgan fingerprint density at radius 1 is 1.29 bits per heavy atom. The number of ether oxygens (including phenoxy) is 1. The number of hydrogen-bond acceptors (Lipinski definition) is 4. The van der Waals surface area contributed by atoms with E-state index in [0.29, 0.717) is 12.8 Å². The molecule has 0 aromatic carbocycles. The summed E-state index contributed by atoms with van der Waals surface area (Å²) in [5, 5.41) is 0. The first kappa shape index (κ1) is 14.0. The molecule has 1 rings (SSSR count). The highest BCUT2D eigenvalue weighted by Gasteiger charge is 2.48. The van der Waals surface area contributed by atoms with Crippen molar-refractivity contribution in [2.24, 2.45) is 17.4 Å². The van der Waals surface area contributed by atoms with Gasteiger partial charge in [0.1, 0.15) is 11.1 Å². The molecule has 0 saturated heterocycles. The maximum absolute atomic E-state index is 12.1. The Kier molecular flexibility index (Phi) is 3.81. The van der Waals surface area contributed by atoms with E-state index in [4.69, 9.17) is 16.2 Å². The minimum atomic E-state index is -1.25. The lowest BCUT2D eigenvalue weighted by atomic mass is 9.73. The molecule has 0 spiro atoms. The van der Waals surface area contributed by atoms with Crippen molar-refractivity contribution < 1.29 is 14.3 Å². The van der Waals surface area contributed by atoms with Crippen LogP contribution in [-0.2, 0) is 14.3 Å². The normalized spacial score (nSPS) is 29.8. The van der Waals surface area contributed by atoms with E-state index in [1.54, 1.807) is 20.8 Å². The number of carbonyl (C=O) groups excluding carboxylic acids is 2. The van der Waals surface area contributed by atoms with Crippen molar-refractivity contribution >= 4 is 11.9 Å². The van der Waals surface area contributed by atoms with Gasteiger partial charge in [0.25, 0.3) is 0 Å². The van der Waals surface area contributed by atoms with Gasteiger partial charge in [0.2, 0.25) is 5.91 Å². The monoisotopic (exact) mass is 242 g/mol. The van der Waals surface area contributed by atoms with Gasteiger partial charge in [-0.3, -0.25) is 9.59 Å². The largest absolute Gasteiger partial charge is 0.459 e. The molecule has 1 amide bonds. The van der Waals surface area contributed by atoms with Gasteiger partial charge in [-0.05, 0) is 33.6 Å². The van der Waals surface area contributed by atoms with Crippen LogP contribution in [0.15, 0.2) is 0 Å². The van der Waals surface area contributed by atoms with Crippen molar-refractivity contribution in [3.63, 3.8) is 0 Å². The third-order valence-corrected chi connectivity index (χ3v) is 3.08. The number of amides is 1. The first-order chi connectivity index (χ1) is 7.67. The number of carbonyl (C=O) groups is 2. The summed E-state index contributed by atoms with van der Waals surface area (Å²) in [5.74, 6) is -1.65. The average Bonchev–Trinajstić information content (AvgIpc) is 2.15. The van der Waals surface area contributed by atoms with Crippen molar-refractivity contribution in [1.82, 2.24) is 0 Å². The fourth-order valence-corrected chi connectivity index (χ4v) is 2.21. The molecule has 1 aliphatic carbocycles. The summed E-state index contributed by atoms with van der Waals surface area (Å²) < 4.78 is 5.29. The molecule has 17 heavy (non-hydrogen) atoms. The molecule has 0 radical (unpaired) electrons. The molecule has 2 atom stereocenters. The zero-order valence-corrected chi connectivity index (χ0v) is 10.8. The molecule has 0 aromatic rings. The fourth-order valence-electron chi connectivity index (χ4n) is 2.21. The molecule has 5 heteroatoms. The van der Waals surface area contributed by atoms with Gasteiger partial charge >= 0.3 is 5.97 Å². The summed E-state index contributed by atoms with van der Waals surface area (Å²) >= 11 is 0. The SMILES string of the molecule is CC(C)(C)OC(=O)C1(N)CCCCC1C(N)=O. The highest BCUT2D eigenvalue weighted by molar-refractivity contribution is 5.90. The van der Waals surface area contributed by atoms with E-state index in [0.717, 1.165) is 12.8 Å². The minimum Gasteiger partial charge on any atom is -0.459 e. The van der Waals surface area contributed by atoms with Crippen LogP contribution in [0.5, 0.6) is 0 Å². The third kappa shape index (κ3) is 3.19. The highest BCUT2D eigenvalue weighted by atomic mass is 16.6. The molecule has 98 valence electrons. The zero-order valence-electron chi connectivity index (χ0n) is 10.8. The van der Waals surface area contributed by atoms with Gasteiger partial charge in [0.15, 0.2) is 0 Å². The Balaban J connectivity index is 2.89. The second-order valence-electron chi connectivity index (χ2n) is 5.74. The number of hydrogen-bond donors (Lipinski definition) is 2. The van der Waals surface area contributed by atoms with Crippen LogP contribution in [-0.4, -0.2) is 23.0 Å². The molecular formula is C12H22N2O3. The molecule has 0 aliphatic heterocycles. The maximum Gasteiger partial charge on any atom is 0.327 e. The van der Waals surface area contributed by atoms with Gasteiger partial charge in [-0.25, -0.2) is 0 Å². The van der Waals surface area contributed by atoms with Gasteiger partial charge in [0.05, 0.1) is 5.92 Å². The Labute approximate surface area is 102 Å². The Morgan fingerprint density at radius 2 is 1.88 bits per heavy atom. The van der Waals surface area contributed by atoms with E-state index in [9.17, 15) is 9.59 Å². The lowest BCUT2D eigenvalue weighted by Crippen LogP contribution is -2.61. The van der Waals surface area contributed by atoms with Crippen molar-refractivity contribution in [2.75, 3.05) is 0 Å². The fraction of sp³-hybridized carbons (Fsp3) is 0.833. The second kappa shape index (κ2) is 4.64. The number of nitrogens with two attached hydrogens (primary N) is 2. The molecule has 4 N–H and O–H groups in total. The van der Waals surface area contributed by atoms with Crippen LogP contribution in [0.3, 0.4) is 0 Å². The number of esters is 1. The molecule has 1 fully saturated rings.